The Morgan fingerprint density at radius 3 is 2.77 bits per heavy atom. The van der Waals surface area contributed by atoms with Crippen LogP contribution in [0.2, 0.25) is 0 Å². The number of ether oxygens (including phenoxy) is 3. The number of hydrogen-bond acceptors (Lipinski definition) is 7. The lowest BCUT2D eigenvalue weighted by Crippen LogP contribution is -2.29. The Morgan fingerprint density at radius 2 is 2.04 bits per heavy atom. The van der Waals surface area contributed by atoms with Crippen LogP contribution in [-0.2, 0) is 14.8 Å². The Hall–Kier alpha value is -1.65. The molecule has 0 unspecified atom stereocenters. The third kappa shape index (κ3) is 4.74. The van der Waals surface area contributed by atoms with Gasteiger partial charge in [-0.1, -0.05) is 6.07 Å². The molecule has 26 heavy (non-hydrogen) atoms. The average Bonchev–Trinajstić information content (AvgIpc) is 3.06. The van der Waals surface area contributed by atoms with Gasteiger partial charge < -0.3 is 19.3 Å². The van der Waals surface area contributed by atoms with Crippen molar-refractivity contribution in [3.63, 3.8) is 0 Å². The number of thiophene rings is 1. The van der Waals surface area contributed by atoms with Crippen molar-refractivity contribution >= 4 is 21.4 Å². The summed E-state index contributed by atoms with van der Waals surface area (Å²) < 4.78 is 44.5. The first-order chi connectivity index (χ1) is 12.6. The molecule has 0 aliphatic carbocycles. The number of fused-ring (bicyclic) bond motifs is 1. The Bertz CT molecular complexity index is 807. The summed E-state index contributed by atoms with van der Waals surface area (Å²) in [6.45, 7) is 1.10. The highest BCUT2D eigenvalue weighted by Gasteiger charge is 2.21. The van der Waals surface area contributed by atoms with Crippen LogP contribution in [0, 0.1) is 0 Å². The van der Waals surface area contributed by atoms with E-state index in [2.05, 4.69) is 4.72 Å². The van der Waals surface area contributed by atoms with Gasteiger partial charge in [0.15, 0.2) is 11.5 Å². The minimum atomic E-state index is -3.74. The van der Waals surface area contributed by atoms with Gasteiger partial charge in [-0.15, -0.1) is 11.3 Å². The molecular weight excluding hydrogens is 378 g/mol. The molecule has 0 spiro atoms. The third-order valence-corrected chi connectivity index (χ3v) is 6.14. The molecule has 0 saturated heterocycles. The summed E-state index contributed by atoms with van der Waals surface area (Å²) in [6.07, 6.45) is 0.289. The van der Waals surface area contributed by atoms with Gasteiger partial charge in [0.05, 0.1) is 31.3 Å². The summed E-state index contributed by atoms with van der Waals surface area (Å²) in [4.78, 5) is 0.994. The number of hydrogen-bond donors (Lipinski definition) is 2. The molecule has 0 bridgehead atoms. The average molecular weight is 399 g/mol. The second-order valence-electron chi connectivity index (χ2n) is 5.61. The lowest BCUT2D eigenvalue weighted by Gasteiger charge is -2.17. The van der Waals surface area contributed by atoms with E-state index in [1.165, 1.54) is 23.5 Å². The molecule has 0 radical (unpaired) electrons. The Morgan fingerprint density at radius 1 is 1.23 bits per heavy atom. The van der Waals surface area contributed by atoms with Crippen molar-refractivity contribution in [2.45, 2.75) is 17.4 Å². The number of benzene rings is 1. The minimum Gasteiger partial charge on any atom is -0.490 e. The van der Waals surface area contributed by atoms with Crippen molar-refractivity contribution in [2.75, 3.05) is 33.0 Å². The number of aliphatic hydroxyl groups is 1. The van der Waals surface area contributed by atoms with Gasteiger partial charge in [-0.3, -0.25) is 0 Å². The zero-order chi connectivity index (χ0) is 18.4. The molecule has 142 valence electrons. The fourth-order valence-electron chi connectivity index (χ4n) is 2.49. The largest absolute Gasteiger partial charge is 0.490 e. The molecule has 2 N–H and O–H groups in total. The second kappa shape index (κ2) is 8.83. The summed E-state index contributed by atoms with van der Waals surface area (Å²) in [5.41, 5.74) is 0. The van der Waals surface area contributed by atoms with Crippen LogP contribution in [0.25, 0.3) is 0 Å². The monoisotopic (exact) mass is 399 g/mol. The Kier molecular flexibility index (Phi) is 6.49. The highest BCUT2D eigenvalue weighted by Crippen LogP contribution is 2.32. The normalized spacial score (nSPS) is 15.4. The molecule has 1 aliphatic rings. The van der Waals surface area contributed by atoms with Crippen LogP contribution in [0.15, 0.2) is 40.6 Å². The molecule has 0 amide bonds. The van der Waals surface area contributed by atoms with Crippen LogP contribution in [-0.4, -0.2) is 46.5 Å². The molecule has 9 heteroatoms. The molecule has 1 aliphatic heterocycles. The second-order valence-corrected chi connectivity index (χ2v) is 8.36. The fourth-order valence-corrected chi connectivity index (χ4v) is 4.31. The van der Waals surface area contributed by atoms with E-state index >= 15 is 0 Å². The Balaban J connectivity index is 1.72. The summed E-state index contributed by atoms with van der Waals surface area (Å²) in [7, 11) is -3.74. The van der Waals surface area contributed by atoms with E-state index in [4.69, 9.17) is 19.3 Å². The first kappa shape index (κ1) is 19.1. The fraction of sp³-hybridized carbons (Fsp3) is 0.412. The topological polar surface area (TPSA) is 94.1 Å². The molecule has 2 aromatic rings. The van der Waals surface area contributed by atoms with Gasteiger partial charge in [0.2, 0.25) is 10.0 Å². The van der Waals surface area contributed by atoms with Crippen LogP contribution >= 0.6 is 11.3 Å². The lowest BCUT2D eigenvalue weighted by molar-refractivity contribution is 0.0328. The van der Waals surface area contributed by atoms with Gasteiger partial charge in [0.1, 0.15) is 6.10 Å². The van der Waals surface area contributed by atoms with E-state index in [-0.39, 0.29) is 24.7 Å². The van der Waals surface area contributed by atoms with Gasteiger partial charge in [-0.05, 0) is 23.6 Å². The van der Waals surface area contributed by atoms with E-state index in [1.54, 1.807) is 6.07 Å². The molecule has 2 heterocycles. The SMILES string of the molecule is O=S(=O)(NC[C@@H](OCCO)c1cccs1)c1ccc2c(c1)OCCCO2. The smallest absolute Gasteiger partial charge is 0.240 e. The summed E-state index contributed by atoms with van der Waals surface area (Å²) in [5, 5.41) is 10.9. The van der Waals surface area contributed by atoms with Crippen LogP contribution in [0.3, 0.4) is 0 Å². The van der Waals surface area contributed by atoms with Gasteiger partial charge in [0.25, 0.3) is 0 Å². The molecule has 1 aromatic heterocycles. The molecule has 7 nitrogen and oxygen atoms in total. The third-order valence-electron chi connectivity index (χ3n) is 3.76. The molecule has 0 fully saturated rings. The highest BCUT2D eigenvalue weighted by atomic mass is 32.2. The molecule has 1 aromatic carbocycles. The predicted molar refractivity (Wildman–Crippen MR) is 97.3 cm³/mol. The molecule has 1 atom stereocenters. The van der Waals surface area contributed by atoms with Crippen LogP contribution in [0.4, 0.5) is 0 Å². The molecule has 0 saturated carbocycles. The van der Waals surface area contributed by atoms with E-state index in [1.807, 2.05) is 17.5 Å². The van der Waals surface area contributed by atoms with E-state index < -0.39 is 16.1 Å². The maximum Gasteiger partial charge on any atom is 0.240 e. The van der Waals surface area contributed by atoms with Crippen LogP contribution < -0.4 is 14.2 Å². The van der Waals surface area contributed by atoms with Crippen LogP contribution in [0.1, 0.15) is 17.4 Å². The maximum atomic E-state index is 12.6. The molecular formula is C17H21NO6S2. The van der Waals surface area contributed by atoms with Gasteiger partial charge in [0, 0.05) is 23.9 Å². The van der Waals surface area contributed by atoms with Gasteiger partial charge in [-0.25, -0.2) is 13.1 Å². The van der Waals surface area contributed by atoms with E-state index in [0.29, 0.717) is 24.7 Å². The number of rotatable bonds is 8. The first-order valence-electron chi connectivity index (χ1n) is 8.25. The van der Waals surface area contributed by atoms with Gasteiger partial charge in [-0.2, -0.15) is 0 Å². The summed E-state index contributed by atoms with van der Waals surface area (Å²) in [6, 6.07) is 8.30. The predicted octanol–water partition coefficient (Wildman–Crippen LogP) is 1.94. The van der Waals surface area contributed by atoms with Crippen molar-refractivity contribution in [1.29, 1.82) is 0 Å². The van der Waals surface area contributed by atoms with E-state index in [9.17, 15) is 8.42 Å². The summed E-state index contributed by atoms with van der Waals surface area (Å²) >= 11 is 1.47. The van der Waals surface area contributed by atoms with Crippen molar-refractivity contribution in [3.05, 3.63) is 40.6 Å². The van der Waals surface area contributed by atoms with Crippen LogP contribution in [0.5, 0.6) is 11.5 Å². The van der Waals surface area contributed by atoms with Crippen molar-refractivity contribution in [3.8, 4) is 11.5 Å². The van der Waals surface area contributed by atoms with Gasteiger partial charge >= 0.3 is 0 Å². The van der Waals surface area contributed by atoms with Crippen molar-refractivity contribution < 1.29 is 27.7 Å². The van der Waals surface area contributed by atoms with E-state index in [0.717, 1.165) is 11.3 Å². The zero-order valence-corrected chi connectivity index (χ0v) is 15.7. The lowest BCUT2D eigenvalue weighted by atomic mass is 10.3. The Labute approximate surface area is 156 Å². The number of sulfonamides is 1. The standard InChI is InChI=1S/C17H21NO6S2/c19-6-9-24-16(17-3-1-10-25-17)12-18-26(20,21)13-4-5-14-15(11-13)23-8-2-7-22-14/h1,3-5,10-11,16,18-19H,2,6-9,12H2/t16-/m1/s1. The highest BCUT2D eigenvalue weighted by molar-refractivity contribution is 7.89. The minimum absolute atomic E-state index is 0.0668. The quantitative estimate of drug-likeness (QED) is 0.705. The maximum absolute atomic E-state index is 12.6. The number of nitrogens with one attached hydrogen (secondary N) is 1. The molecule has 3 rings (SSSR count). The first-order valence-corrected chi connectivity index (χ1v) is 10.6. The summed E-state index contributed by atoms with van der Waals surface area (Å²) in [5.74, 6) is 0.973. The van der Waals surface area contributed by atoms with Crippen molar-refractivity contribution in [2.24, 2.45) is 0 Å². The number of aliphatic hydroxyl groups excluding tert-OH is 1. The van der Waals surface area contributed by atoms with Crippen molar-refractivity contribution in [1.82, 2.24) is 4.72 Å². The zero-order valence-electron chi connectivity index (χ0n) is 14.1.